The quantitative estimate of drug-likeness (QED) is 0.402. The van der Waals surface area contributed by atoms with Crippen molar-refractivity contribution in [1.29, 1.82) is 0 Å². The molecule has 0 amide bonds. The van der Waals surface area contributed by atoms with Crippen molar-refractivity contribution in [2.24, 2.45) is 11.7 Å². The Morgan fingerprint density at radius 1 is 1.06 bits per heavy atom. The first-order valence-corrected chi connectivity index (χ1v) is 12.1. The first-order chi connectivity index (χ1) is 17.3. The molecule has 1 aliphatic carbocycles. The number of hydrogen-bond donors (Lipinski definition) is 2. The molecule has 0 spiro atoms. The zero-order chi connectivity index (χ0) is 25.7. The van der Waals surface area contributed by atoms with E-state index in [1.165, 1.54) is 48.9 Å². The third kappa shape index (κ3) is 5.87. The summed E-state index contributed by atoms with van der Waals surface area (Å²) in [5.74, 6) is -4.64. The molecule has 1 aliphatic heterocycles. The van der Waals surface area contributed by atoms with Gasteiger partial charge in [-0.15, -0.1) is 0 Å². The molecule has 190 valence electrons. The van der Waals surface area contributed by atoms with Crippen LogP contribution in [0.1, 0.15) is 24.1 Å². The Labute approximate surface area is 208 Å². The van der Waals surface area contributed by atoms with Gasteiger partial charge in [0.1, 0.15) is 11.6 Å². The number of alkyl halides is 2. The lowest BCUT2D eigenvalue weighted by Gasteiger charge is -2.21. The largest absolute Gasteiger partial charge is 0.381 e. The summed E-state index contributed by atoms with van der Waals surface area (Å²) in [4.78, 5) is 7.05. The summed E-state index contributed by atoms with van der Waals surface area (Å²) in [6.07, 6.45) is 7.68. The number of benzene rings is 2. The van der Waals surface area contributed by atoms with Crippen LogP contribution in [0.4, 0.5) is 28.9 Å². The van der Waals surface area contributed by atoms with Crippen LogP contribution in [-0.2, 0) is 6.54 Å². The molecular weight excluding hydrogens is 468 g/mol. The van der Waals surface area contributed by atoms with Crippen molar-refractivity contribution in [1.82, 2.24) is 4.98 Å². The molecule has 2 heterocycles. The zero-order valence-corrected chi connectivity index (χ0v) is 20.2. The number of aromatic nitrogens is 1. The summed E-state index contributed by atoms with van der Waals surface area (Å²) in [6.45, 7) is 4.23. The lowest BCUT2D eigenvalue weighted by molar-refractivity contribution is 0.0127. The highest BCUT2D eigenvalue weighted by Gasteiger charge is 2.34. The van der Waals surface area contributed by atoms with Crippen LogP contribution in [-0.4, -0.2) is 30.5 Å². The lowest BCUT2D eigenvalue weighted by Crippen LogP contribution is -2.31. The van der Waals surface area contributed by atoms with Gasteiger partial charge in [0, 0.05) is 54.2 Å². The van der Waals surface area contributed by atoms with Crippen molar-refractivity contribution in [2.45, 2.75) is 32.2 Å². The first-order valence-electron chi connectivity index (χ1n) is 12.1. The number of nitrogens with zero attached hydrogens (tertiary/aromatic N) is 2. The molecule has 0 saturated carbocycles. The van der Waals surface area contributed by atoms with Gasteiger partial charge in [0.2, 0.25) is 0 Å². The number of fused-ring (bicyclic) bond motifs is 1. The number of hydrogen-bond acceptors (Lipinski definition) is 4. The van der Waals surface area contributed by atoms with Crippen molar-refractivity contribution < 1.29 is 17.6 Å². The highest BCUT2D eigenvalue weighted by Crippen LogP contribution is 2.31. The monoisotopic (exact) mass is 498 g/mol. The van der Waals surface area contributed by atoms with Gasteiger partial charge in [-0.2, -0.15) is 0 Å². The fourth-order valence-corrected chi connectivity index (χ4v) is 4.43. The second kappa shape index (κ2) is 11.1. The SMILES string of the molecule is Cc1cc(N2CCCC2)c2ccc(NCc3c(F)cccc3F)cc2n1.NCC1C=CC=CC1(F)F. The van der Waals surface area contributed by atoms with Gasteiger partial charge in [0.15, 0.2) is 0 Å². The molecule has 0 radical (unpaired) electrons. The Bertz CT molecular complexity index is 1250. The maximum absolute atomic E-state index is 13.8. The number of anilines is 2. The van der Waals surface area contributed by atoms with Crippen molar-refractivity contribution >= 4 is 22.3 Å². The van der Waals surface area contributed by atoms with Crippen LogP contribution in [0.5, 0.6) is 0 Å². The van der Waals surface area contributed by atoms with Gasteiger partial charge in [-0.1, -0.05) is 24.3 Å². The van der Waals surface area contributed by atoms with Gasteiger partial charge in [0.25, 0.3) is 5.92 Å². The van der Waals surface area contributed by atoms with E-state index in [4.69, 9.17) is 5.73 Å². The third-order valence-electron chi connectivity index (χ3n) is 6.42. The fraction of sp³-hybridized carbons (Fsp3) is 0.321. The molecule has 1 unspecified atom stereocenters. The summed E-state index contributed by atoms with van der Waals surface area (Å²) in [5.41, 5.74) is 9.04. The van der Waals surface area contributed by atoms with Crippen LogP contribution in [0.3, 0.4) is 0 Å². The second-order valence-corrected chi connectivity index (χ2v) is 9.02. The predicted octanol–water partition coefficient (Wildman–Crippen LogP) is 6.36. The Kier molecular flexibility index (Phi) is 7.94. The van der Waals surface area contributed by atoms with E-state index < -0.39 is 23.5 Å². The first kappa shape index (κ1) is 25.7. The molecule has 3 N–H and O–H groups in total. The normalized spacial score (nSPS) is 18.3. The summed E-state index contributed by atoms with van der Waals surface area (Å²) >= 11 is 0. The minimum atomic E-state index is -2.75. The Balaban J connectivity index is 0.000000256. The molecule has 36 heavy (non-hydrogen) atoms. The summed E-state index contributed by atoms with van der Waals surface area (Å²) < 4.78 is 52.9. The topological polar surface area (TPSA) is 54.2 Å². The molecule has 1 atom stereocenters. The van der Waals surface area contributed by atoms with Crippen molar-refractivity contribution in [3.63, 3.8) is 0 Å². The molecule has 8 heteroatoms. The van der Waals surface area contributed by atoms with Crippen LogP contribution in [0.25, 0.3) is 10.9 Å². The maximum Gasteiger partial charge on any atom is 0.274 e. The molecule has 1 fully saturated rings. The van der Waals surface area contributed by atoms with Gasteiger partial charge < -0.3 is 16.0 Å². The molecule has 1 saturated heterocycles. The van der Waals surface area contributed by atoms with Gasteiger partial charge in [-0.25, -0.2) is 17.6 Å². The van der Waals surface area contributed by atoms with E-state index in [2.05, 4.69) is 21.3 Å². The number of pyridine rings is 1. The fourth-order valence-electron chi connectivity index (χ4n) is 4.43. The van der Waals surface area contributed by atoms with Crippen LogP contribution >= 0.6 is 0 Å². The van der Waals surface area contributed by atoms with E-state index in [0.29, 0.717) is 0 Å². The average Bonchev–Trinajstić information content (AvgIpc) is 3.38. The van der Waals surface area contributed by atoms with E-state index in [1.54, 1.807) is 6.08 Å². The van der Waals surface area contributed by atoms with Crippen LogP contribution in [0.15, 0.2) is 66.8 Å². The van der Waals surface area contributed by atoms with Crippen molar-refractivity contribution in [3.05, 3.63) is 89.7 Å². The third-order valence-corrected chi connectivity index (χ3v) is 6.42. The minimum Gasteiger partial charge on any atom is -0.381 e. The Hall–Kier alpha value is -3.39. The highest BCUT2D eigenvalue weighted by molar-refractivity contribution is 5.94. The van der Waals surface area contributed by atoms with Gasteiger partial charge in [0.05, 0.1) is 11.4 Å². The van der Waals surface area contributed by atoms with Crippen LogP contribution in [0.2, 0.25) is 0 Å². The van der Waals surface area contributed by atoms with Crippen LogP contribution in [0, 0.1) is 24.5 Å². The highest BCUT2D eigenvalue weighted by atomic mass is 19.3. The van der Waals surface area contributed by atoms with E-state index in [-0.39, 0.29) is 18.7 Å². The second-order valence-electron chi connectivity index (χ2n) is 9.02. The minimum absolute atomic E-state index is 0.00611. The zero-order valence-electron chi connectivity index (χ0n) is 20.2. The molecule has 1 aromatic heterocycles. The standard InChI is InChI=1S/C21H21F2N3.C7H9F2N/c1-14-11-21(26-9-2-3-10-26)16-8-7-15(12-20(16)25-14)24-13-17-18(22)5-4-6-19(17)23;8-7(9)4-2-1-3-6(7)5-10/h4-8,11-12,24H,2-3,9-10,13H2,1H3;1-4,6H,5,10H2. The molecule has 2 aliphatic rings. The number of halogens is 4. The molecule has 4 nitrogen and oxygen atoms in total. The van der Waals surface area contributed by atoms with E-state index in [1.807, 2.05) is 25.1 Å². The lowest BCUT2D eigenvalue weighted by atomic mass is 9.97. The van der Waals surface area contributed by atoms with E-state index in [0.717, 1.165) is 41.4 Å². The molecule has 0 bridgehead atoms. The number of rotatable bonds is 5. The van der Waals surface area contributed by atoms with Gasteiger partial charge in [-0.05, 0) is 62.2 Å². The molecule has 2 aromatic carbocycles. The predicted molar refractivity (Wildman–Crippen MR) is 137 cm³/mol. The smallest absolute Gasteiger partial charge is 0.274 e. The summed E-state index contributed by atoms with van der Waals surface area (Å²) in [5, 5.41) is 4.22. The average molecular weight is 499 g/mol. The number of nitrogens with one attached hydrogen (secondary N) is 1. The summed E-state index contributed by atoms with van der Waals surface area (Å²) in [6, 6.07) is 12.0. The van der Waals surface area contributed by atoms with Gasteiger partial charge in [-0.3, -0.25) is 4.98 Å². The molecule has 3 aromatic rings. The van der Waals surface area contributed by atoms with Crippen molar-refractivity contribution in [2.75, 3.05) is 29.9 Å². The molecular formula is C28H30F4N4. The van der Waals surface area contributed by atoms with Gasteiger partial charge >= 0.3 is 0 Å². The maximum atomic E-state index is 13.8. The number of allylic oxidation sites excluding steroid dienone is 3. The van der Waals surface area contributed by atoms with Crippen molar-refractivity contribution in [3.8, 4) is 0 Å². The number of nitrogens with two attached hydrogens (primary N) is 1. The van der Waals surface area contributed by atoms with Crippen LogP contribution < -0.4 is 16.0 Å². The van der Waals surface area contributed by atoms with E-state index in [9.17, 15) is 17.6 Å². The molecule has 5 rings (SSSR count). The number of aryl methyl sites for hydroxylation is 1. The summed E-state index contributed by atoms with van der Waals surface area (Å²) in [7, 11) is 0. The van der Waals surface area contributed by atoms with E-state index >= 15 is 0 Å². The Morgan fingerprint density at radius 3 is 2.42 bits per heavy atom. The Morgan fingerprint density at radius 2 is 1.78 bits per heavy atom.